The Hall–Kier alpha value is -3.85. The summed E-state index contributed by atoms with van der Waals surface area (Å²) < 4.78 is 2.54. The van der Waals surface area contributed by atoms with E-state index in [-0.39, 0.29) is 10.8 Å². The molecular weight excluding hydrogens is 546 g/mol. The second kappa shape index (κ2) is 13.3. The van der Waals surface area contributed by atoms with E-state index >= 15 is 0 Å². The van der Waals surface area contributed by atoms with Crippen molar-refractivity contribution < 1.29 is 4.58 Å². The Morgan fingerprint density at radius 2 is 1.80 bits per heavy atom. The average Bonchev–Trinajstić information content (AvgIpc) is 3.56. The van der Waals surface area contributed by atoms with E-state index in [1.165, 1.54) is 61.8 Å². The van der Waals surface area contributed by atoms with Crippen LogP contribution in [0.15, 0.2) is 113 Å². The first kappa shape index (κ1) is 32.5. The van der Waals surface area contributed by atoms with Gasteiger partial charge in [0.15, 0.2) is 5.71 Å². The van der Waals surface area contributed by atoms with E-state index in [1.54, 1.807) is 0 Å². The largest absolute Gasteiger partial charge is 0.403 e. The normalized spacial score (nSPS) is 23.6. The Labute approximate surface area is 272 Å². The van der Waals surface area contributed by atoms with Gasteiger partial charge in [0.25, 0.3) is 0 Å². The molecule has 45 heavy (non-hydrogen) atoms. The molecule has 1 aromatic rings. The molecule has 0 unspecified atom stereocenters. The van der Waals surface area contributed by atoms with Crippen LogP contribution in [-0.4, -0.2) is 16.8 Å². The Morgan fingerprint density at radius 3 is 2.53 bits per heavy atom. The lowest BCUT2D eigenvalue weighted by Gasteiger charge is -2.24. The molecule has 0 atom stereocenters. The van der Waals surface area contributed by atoms with Crippen molar-refractivity contribution in [2.45, 2.75) is 98.3 Å². The van der Waals surface area contributed by atoms with Crippen LogP contribution in [0, 0.1) is 5.41 Å². The van der Waals surface area contributed by atoms with E-state index in [2.05, 4.69) is 125 Å². The fraction of sp³-hybridized carbons (Fsp3) is 0.405. The Morgan fingerprint density at radius 1 is 1.00 bits per heavy atom. The van der Waals surface area contributed by atoms with Crippen LogP contribution in [0.2, 0.25) is 0 Å². The third-order valence-electron chi connectivity index (χ3n) is 10.4. The fourth-order valence-electron chi connectivity index (χ4n) is 7.74. The highest BCUT2D eigenvalue weighted by Crippen LogP contribution is 2.47. The molecule has 3 heteroatoms. The zero-order valence-corrected chi connectivity index (χ0v) is 28.7. The molecule has 0 saturated heterocycles. The number of nitrogens with two attached hydrogens (primary N) is 1. The lowest BCUT2D eigenvalue weighted by molar-refractivity contribution is -0.469. The van der Waals surface area contributed by atoms with Crippen LogP contribution in [0.4, 0.5) is 5.69 Å². The molecule has 4 aliphatic rings. The van der Waals surface area contributed by atoms with Crippen LogP contribution in [0.3, 0.4) is 0 Å². The van der Waals surface area contributed by atoms with E-state index in [0.29, 0.717) is 0 Å². The van der Waals surface area contributed by atoms with Crippen molar-refractivity contribution in [3.05, 3.63) is 130 Å². The van der Waals surface area contributed by atoms with Crippen LogP contribution >= 0.6 is 0 Å². The first-order chi connectivity index (χ1) is 21.5. The predicted octanol–water partition coefficient (Wildman–Crippen LogP) is 10.4. The topological polar surface area (TPSA) is 41.1 Å². The van der Waals surface area contributed by atoms with Gasteiger partial charge in [0.2, 0.25) is 5.70 Å². The second-order valence-corrected chi connectivity index (χ2v) is 14.1. The van der Waals surface area contributed by atoms with E-state index in [4.69, 9.17) is 5.73 Å². The molecule has 2 aliphatic heterocycles. The molecular formula is C42H54N3+. The van der Waals surface area contributed by atoms with Gasteiger partial charge in [0, 0.05) is 40.6 Å². The Kier molecular flexibility index (Phi) is 9.58. The number of rotatable bonds is 10. The quantitative estimate of drug-likeness (QED) is 0.207. The summed E-state index contributed by atoms with van der Waals surface area (Å²) in [5.41, 5.74) is 21.6. The monoisotopic (exact) mass is 600 g/mol. The molecule has 3 N–H and O–H groups in total. The van der Waals surface area contributed by atoms with Gasteiger partial charge in [-0.2, -0.15) is 4.58 Å². The summed E-state index contributed by atoms with van der Waals surface area (Å²) in [5, 5.41) is 3.77. The number of nitrogens with one attached hydrogen (secondary N) is 1. The summed E-state index contributed by atoms with van der Waals surface area (Å²) in [6.45, 7) is 22.8. The molecule has 0 amide bonds. The summed E-state index contributed by atoms with van der Waals surface area (Å²) in [7, 11) is 0. The van der Waals surface area contributed by atoms with Crippen molar-refractivity contribution in [1.29, 1.82) is 0 Å². The molecule has 2 heterocycles. The van der Waals surface area contributed by atoms with Crippen LogP contribution in [-0.2, 0) is 11.8 Å². The summed E-state index contributed by atoms with van der Waals surface area (Å²) in [5.74, 6) is 0. The molecule has 5 rings (SSSR count). The maximum atomic E-state index is 5.81. The van der Waals surface area contributed by atoms with Crippen molar-refractivity contribution in [3.8, 4) is 0 Å². The van der Waals surface area contributed by atoms with Crippen LogP contribution < -0.4 is 11.1 Å². The third-order valence-corrected chi connectivity index (χ3v) is 10.4. The van der Waals surface area contributed by atoms with Gasteiger partial charge in [-0.05, 0) is 124 Å². The van der Waals surface area contributed by atoms with Crippen molar-refractivity contribution in [1.82, 2.24) is 0 Å². The summed E-state index contributed by atoms with van der Waals surface area (Å²) in [6.07, 6.45) is 29.2. The van der Waals surface area contributed by atoms with Crippen molar-refractivity contribution in [2.24, 2.45) is 11.1 Å². The first-order valence-corrected chi connectivity index (χ1v) is 17.0. The number of allylic oxidation sites excluding steroid dienone is 14. The summed E-state index contributed by atoms with van der Waals surface area (Å²) >= 11 is 0. The maximum absolute atomic E-state index is 5.81. The van der Waals surface area contributed by atoms with Gasteiger partial charge in [-0.15, -0.1) is 0 Å². The molecule has 0 bridgehead atoms. The minimum atomic E-state index is -0.0999. The number of anilines is 1. The highest BCUT2D eigenvalue weighted by Gasteiger charge is 2.46. The molecule has 0 aromatic heterocycles. The lowest BCUT2D eigenvalue weighted by atomic mass is 9.78. The predicted molar refractivity (Wildman–Crippen MR) is 195 cm³/mol. The average molecular weight is 601 g/mol. The summed E-state index contributed by atoms with van der Waals surface area (Å²) in [6, 6.07) is 4.59. The van der Waals surface area contributed by atoms with Crippen molar-refractivity contribution in [3.63, 3.8) is 0 Å². The minimum Gasteiger partial charge on any atom is -0.403 e. The van der Waals surface area contributed by atoms with Gasteiger partial charge in [0.1, 0.15) is 6.54 Å². The van der Waals surface area contributed by atoms with Crippen LogP contribution in [0.5, 0.6) is 0 Å². The number of aryl methyl sites for hydroxylation is 1. The molecule has 0 spiro atoms. The number of unbranched alkanes of at least 4 members (excludes halogenated alkanes) is 2. The number of hydrogen-bond donors (Lipinski definition) is 2. The van der Waals surface area contributed by atoms with Gasteiger partial charge >= 0.3 is 0 Å². The molecule has 0 fully saturated rings. The Bertz CT molecular complexity index is 1640. The molecule has 3 nitrogen and oxygen atoms in total. The van der Waals surface area contributed by atoms with Gasteiger partial charge in [-0.1, -0.05) is 69.5 Å². The number of nitrogens with zero attached hydrogens (tertiary/aromatic N) is 1. The zero-order chi connectivity index (χ0) is 32.4. The molecule has 236 valence electrons. The number of benzene rings is 1. The molecule has 0 radical (unpaired) electrons. The fourth-order valence-corrected chi connectivity index (χ4v) is 7.74. The van der Waals surface area contributed by atoms with E-state index in [0.717, 1.165) is 63.6 Å². The minimum absolute atomic E-state index is 0.0496. The second-order valence-electron chi connectivity index (χ2n) is 14.1. The van der Waals surface area contributed by atoms with Gasteiger partial charge < -0.3 is 11.1 Å². The number of hydrogen-bond acceptors (Lipinski definition) is 2. The highest BCUT2D eigenvalue weighted by molar-refractivity contribution is 6.01. The van der Waals surface area contributed by atoms with Crippen LogP contribution in [0.25, 0.3) is 6.08 Å². The lowest BCUT2D eigenvalue weighted by Crippen LogP contribution is -2.24. The molecule has 0 saturated carbocycles. The van der Waals surface area contributed by atoms with E-state index in [1.807, 2.05) is 6.08 Å². The standard InChI is InChI=1S/C42H53N3/c1-9-16-35-37(10-2)45(28-15-11-12-17-29(3)43)39(41(35,5)6)27-24-32-21-20-31(30(32)4)23-26-38-42(7,8)40-34-19-14-13-18-33(34)22-25-36(40)44-38/h9-10,14,16,19,22-27H,1,3,11-13,15,17-18,20-21,28,43H2,2,4-8H3/p+1/b35-16+,37-10+. The van der Waals surface area contributed by atoms with Crippen molar-refractivity contribution in [2.75, 3.05) is 11.9 Å². The zero-order valence-electron chi connectivity index (χ0n) is 28.7. The van der Waals surface area contributed by atoms with Gasteiger partial charge in [-0.25, -0.2) is 0 Å². The van der Waals surface area contributed by atoms with E-state index in [9.17, 15) is 0 Å². The highest BCUT2D eigenvalue weighted by atomic mass is 15.1. The van der Waals surface area contributed by atoms with Gasteiger partial charge in [0.05, 0.1) is 5.41 Å². The maximum Gasteiger partial charge on any atom is 0.205 e. The van der Waals surface area contributed by atoms with Gasteiger partial charge in [-0.3, -0.25) is 0 Å². The molecule has 2 aliphatic carbocycles. The van der Waals surface area contributed by atoms with Crippen molar-refractivity contribution >= 4 is 17.5 Å². The van der Waals surface area contributed by atoms with E-state index < -0.39 is 0 Å². The SMILES string of the molecule is C=C/C=C1\C(=C/C)[N+](CCCCCC(=C)N)=C(/C=C/C2=C(C)C(=C/C=C3/Nc4ccc5c(c4C3(C)C)C=CCC5)/CC2)C1(C)C. The van der Waals surface area contributed by atoms with Crippen LogP contribution in [0.1, 0.15) is 103 Å². The third kappa shape index (κ3) is 6.32. The first-order valence-electron chi connectivity index (χ1n) is 17.0. The number of fused-ring (bicyclic) bond motifs is 3. The smallest absolute Gasteiger partial charge is 0.205 e. The summed E-state index contributed by atoms with van der Waals surface area (Å²) in [4.78, 5) is 0. The Balaban J connectivity index is 1.40. The molecule has 1 aromatic carbocycles.